The van der Waals surface area contributed by atoms with Crippen LogP contribution in [0, 0.1) is 18.6 Å². The fourth-order valence-corrected chi connectivity index (χ4v) is 2.75. The van der Waals surface area contributed by atoms with Crippen LogP contribution in [0.1, 0.15) is 5.56 Å². The molecule has 3 rings (SSSR count). The van der Waals surface area contributed by atoms with Crippen LogP contribution >= 0.6 is 0 Å². The number of rotatable bonds is 3. The zero-order chi connectivity index (χ0) is 17.3. The van der Waals surface area contributed by atoms with E-state index in [1.165, 1.54) is 19.2 Å². The van der Waals surface area contributed by atoms with Gasteiger partial charge in [-0.2, -0.15) is 0 Å². The second-order valence-corrected chi connectivity index (χ2v) is 5.62. The molecule has 0 amide bonds. The van der Waals surface area contributed by atoms with Gasteiger partial charge in [0.25, 0.3) is 0 Å². The summed E-state index contributed by atoms with van der Waals surface area (Å²) in [4.78, 5) is 0. The van der Waals surface area contributed by atoms with Gasteiger partial charge in [0.15, 0.2) is 17.4 Å². The van der Waals surface area contributed by atoms with Gasteiger partial charge in [-0.25, -0.2) is 8.78 Å². The lowest BCUT2D eigenvalue weighted by Gasteiger charge is -2.11. The van der Waals surface area contributed by atoms with Crippen LogP contribution in [0.15, 0.2) is 54.6 Å². The fourth-order valence-electron chi connectivity index (χ4n) is 2.75. The molecule has 0 aromatic heterocycles. The van der Waals surface area contributed by atoms with Crippen molar-refractivity contribution in [3.05, 3.63) is 71.8 Å². The molecule has 0 bridgehead atoms. The number of anilines is 1. The van der Waals surface area contributed by atoms with Crippen LogP contribution in [-0.4, -0.2) is 7.11 Å². The van der Waals surface area contributed by atoms with Gasteiger partial charge >= 0.3 is 0 Å². The Morgan fingerprint density at radius 2 is 1.38 bits per heavy atom. The van der Waals surface area contributed by atoms with Crippen LogP contribution < -0.4 is 10.5 Å². The molecule has 0 aliphatic heterocycles. The highest BCUT2D eigenvalue weighted by Crippen LogP contribution is 2.32. The largest absolute Gasteiger partial charge is 0.491 e. The Balaban J connectivity index is 2.03. The van der Waals surface area contributed by atoms with Gasteiger partial charge in [-0.05, 0) is 59.0 Å². The molecule has 3 aromatic carbocycles. The Hall–Kier alpha value is -2.88. The van der Waals surface area contributed by atoms with Crippen molar-refractivity contribution in [3.8, 4) is 28.0 Å². The Kier molecular flexibility index (Phi) is 4.21. The van der Waals surface area contributed by atoms with Crippen molar-refractivity contribution in [1.82, 2.24) is 0 Å². The smallest absolute Gasteiger partial charge is 0.190 e. The first-order chi connectivity index (χ1) is 11.5. The number of nitrogens with two attached hydrogens (primary N) is 1. The normalized spacial score (nSPS) is 10.7. The minimum atomic E-state index is -0.713. The minimum absolute atomic E-state index is 0.366. The van der Waals surface area contributed by atoms with E-state index >= 15 is 0 Å². The summed E-state index contributed by atoms with van der Waals surface area (Å²) in [6.07, 6.45) is 0. The average Bonchev–Trinajstić information content (AvgIpc) is 2.55. The van der Waals surface area contributed by atoms with Gasteiger partial charge in [0.2, 0.25) is 0 Å². The summed E-state index contributed by atoms with van der Waals surface area (Å²) in [7, 11) is 1.24. The van der Waals surface area contributed by atoms with E-state index in [9.17, 15) is 8.78 Å². The molecule has 24 heavy (non-hydrogen) atoms. The van der Waals surface area contributed by atoms with E-state index in [2.05, 4.69) is 0 Å². The Morgan fingerprint density at radius 1 is 0.792 bits per heavy atom. The SMILES string of the molecule is COc1c(F)cc(-c2ccc(-c3ccc(N)cc3)cc2C)cc1F. The number of ether oxygens (including phenoxy) is 1. The van der Waals surface area contributed by atoms with E-state index in [0.717, 1.165) is 22.3 Å². The molecule has 0 aliphatic rings. The summed E-state index contributed by atoms with van der Waals surface area (Å²) >= 11 is 0. The highest BCUT2D eigenvalue weighted by molar-refractivity contribution is 5.74. The van der Waals surface area contributed by atoms with Crippen LogP contribution in [0.2, 0.25) is 0 Å². The summed E-state index contributed by atoms with van der Waals surface area (Å²) in [5.74, 6) is -1.79. The van der Waals surface area contributed by atoms with Gasteiger partial charge in [0.1, 0.15) is 0 Å². The lowest BCUT2D eigenvalue weighted by molar-refractivity contribution is 0.360. The molecule has 0 unspecified atom stereocenters. The Labute approximate surface area is 139 Å². The van der Waals surface area contributed by atoms with Crippen LogP contribution in [0.25, 0.3) is 22.3 Å². The van der Waals surface area contributed by atoms with Crippen molar-refractivity contribution < 1.29 is 13.5 Å². The second kappa shape index (κ2) is 6.32. The molecule has 122 valence electrons. The van der Waals surface area contributed by atoms with Gasteiger partial charge < -0.3 is 10.5 Å². The molecule has 0 saturated heterocycles. The zero-order valence-corrected chi connectivity index (χ0v) is 13.4. The van der Waals surface area contributed by atoms with E-state index in [-0.39, 0.29) is 5.75 Å². The van der Waals surface area contributed by atoms with E-state index in [4.69, 9.17) is 10.5 Å². The van der Waals surface area contributed by atoms with E-state index in [0.29, 0.717) is 11.3 Å². The molecule has 0 saturated carbocycles. The summed E-state index contributed by atoms with van der Waals surface area (Å²) in [5.41, 5.74) is 10.6. The number of halogens is 2. The molecule has 0 fully saturated rings. The van der Waals surface area contributed by atoms with Crippen LogP contribution in [-0.2, 0) is 0 Å². The molecular weight excluding hydrogens is 308 g/mol. The molecule has 0 heterocycles. The highest BCUT2D eigenvalue weighted by atomic mass is 19.1. The van der Waals surface area contributed by atoms with Crippen molar-refractivity contribution in [1.29, 1.82) is 0 Å². The standard InChI is InChI=1S/C20H17F2NO/c1-12-9-14(13-3-6-16(23)7-4-13)5-8-17(12)15-10-18(21)20(24-2)19(22)11-15/h3-11H,23H2,1-2H3. The van der Waals surface area contributed by atoms with E-state index in [1.807, 2.05) is 49.4 Å². The third kappa shape index (κ3) is 2.95. The Morgan fingerprint density at radius 3 is 1.92 bits per heavy atom. The maximum Gasteiger partial charge on any atom is 0.190 e. The van der Waals surface area contributed by atoms with Crippen molar-refractivity contribution in [3.63, 3.8) is 0 Å². The van der Waals surface area contributed by atoms with Crippen molar-refractivity contribution in [2.75, 3.05) is 12.8 Å². The molecular formula is C20H17F2NO. The quantitative estimate of drug-likeness (QED) is 0.672. The molecule has 4 heteroatoms. The predicted octanol–water partition coefficient (Wildman–Crippen LogP) is 5.20. The first kappa shape index (κ1) is 16.0. The second-order valence-electron chi connectivity index (χ2n) is 5.62. The van der Waals surface area contributed by atoms with Gasteiger partial charge in [-0.15, -0.1) is 0 Å². The van der Waals surface area contributed by atoms with Crippen molar-refractivity contribution in [2.45, 2.75) is 6.92 Å². The fraction of sp³-hybridized carbons (Fsp3) is 0.100. The predicted molar refractivity (Wildman–Crippen MR) is 92.9 cm³/mol. The first-order valence-electron chi connectivity index (χ1n) is 7.49. The summed E-state index contributed by atoms with van der Waals surface area (Å²) < 4.78 is 32.6. The zero-order valence-electron chi connectivity index (χ0n) is 13.4. The van der Waals surface area contributed by atoms with Crippen LogP contribution in [0.4, 0.5) is 14.5 Å². The van der Waals surface area contributed by atoms with E-state index in [1.54, 1.807) is 0 Å². The highest BCUT2D eigenvalue weighted by Gasteiger charge is 2.14. The first-order valence-corrected chi connectivity index (χ1v) is 7.49. The molecule has 0 radical (unpaired) electrons. The number of methoxy groups -OCH3 is 1. The monoisotopic (exact) mass is 325 g/mol. The average molecular weight is 325 g/mol. The lowest BCUT2D eigenvalue weighted by Crippen LogP contribution is -1.95. The van der Waals surface area contributed by atoms with Gasteiger partial charge in [0, 0.05) is 5.69 Å². The van der Waals surface area contributed by atoms with Gasteiger partial charge in [-0.1, -0.05) is 30.3 Å². The molecule has 0 aliphatic carbocycles. The maximum atomic E-state index is 13.9. The van der Waals surface area contributed by atoms with Gasteiger partial charge in [0.05, 0.1) is 7.11 Å². The molecule has 3 aromatic rings. The topological polar surface area (TPSA) is 35.2 Å². The molecule has 0 spiro atoms. The number of aryl methyl sites for hydroxylation is 1. The third-order valence-corrected chi connectivity index (χ3v) is 3.98. The maximum absolute atomic E-state index is 13.9. The lowest BCUT2D eigenvalue weighted by atomic mass is 9.95. The number of benzene rings is 3. The third-order valence-electron chi connectivity index (χ3n) is 3.98. The summed E-state index contributed by atoms with van der Waals surface area (Å²) in [6.45, 7) is 1.91. The Bertz CT molecular complexity index is 866. The minimum Gasteiger partial charge on any atom is -0.491 e. The van der Waals surface area contributed by atoms with Crippen molar-refractivity contribution in [2.24, 2.45) is 0 Å². The van der Waals surface area contributed by atoms with Crippen LogP contribution in [0.5, 0.6) is 5.75 Å². The molecule has 2 N–H and O–H groups in total. The molecule has 0 atom stereocenters. The number of hydrogen-bond acceptors (Lipinski definition) is 2. The van der Waals surface area contributed by atoms with Crippen LogP contribution in [0.3, 0.4) is 0 Å². The number of hydrogen-bond donors (Lipinski definition) is 1. The number of nitrogen functional groups attached to an aromatic ring is 1. The van der Waals surface area contributed by atoms with E-state index < -0.39 is 11.6 Å². The van der Waals surface area contributed by atoms with Crippen molar-refractivity contribution >= 4 is 5.69 Å². The summed E-state index contributed by atoms with van der Waals surface area (Å²) in [6, 6.07) is 15.9. The van der Waals surface area contributed by atoms with Gasteiger partial charge in [-0.3, -0.25) is 0 Å². The molecule has 2 nitrogen and oxygen atoms in total. The summed E-state index contributed by atoms with van der Waals surface area (Å²) in [5, 5.41) is 0.